The number of aliphatic carboxylic acids is 1. The van der Waals surface area contributed by atoms with Crippen molar-refractivity contribution in [2.24, 2.45) is 124 Å². The van der Waals surface area contributed by atoms with E-state index in [9.17, 15) is 86.6 Å². The van der Waals surface area contributed by atoms with E-state index in [-0.39, 0.29) is 184 Å². The van der Waals surface area contributed by atoms with Crippen molar-refractivity contribution in [1.82, 2.24) is 103 Å². The van der Waals surface area contributed by atoms with Gasteiger partial charge in [0.15, 0.2) is 64.4 Å². The molecular formula is C85H148N42O23. The Morgan fingerprint density at radius 1 is 0.360 bits per heavy atom. The first-order valence-corrected chi connectivity index (χ1v) is 48.2. The lowest BCUT2D eigenvalue weighted by atomic mass is 10.1. The van der Waals surface area contributed by atoms with Crippen molar-refractivity contribution in [3.63, 3.8) is 0 Å². The maximum atomic E-state index is 12.8. The van der Waals surface area contributed by atoms with Crippen molar-refractivity contribution in [1.29, 1.82) is 0 Å². The van der Waals surface area contributed by atoms with Gasteiger partial charge in [-0.15, -0.1) is 0 Å². The van der Waals surface area contributed by atoms with Gasteiger partial charge in [0.05, 0.1) is 54.9 Å². The number of likely N-dealkylation sites (tertiary alicyclic amines) is 2. The molecule has 2 saturated heterocycles. The van der Waals surface area contributed by atoms with Crippen LogP contribution in [0.15, 0.2) is 37.6 Å². The Labute approximate surface area is 861 Å². The van der Waals surface area contributed by atoms with Crippen LogP contribution < -0.4 is 151 Å². The van der Waals surface area contributed by atoms with E-state index in [1.807, 2.05) is 6.92 Å². The molecule has 836 valence electrons. The Kier molecular flexibility index (Phi) is 58.5. The minimum absolute atomic E-state index is 0.00170. The Balaban J connectivity index is 0.000000482. The number of hydrogen-bond acceptors (Lipinski definition) is 41. The Morgan fingerprint density at radius 3 is 0.927 bits per heavy atom. The Morgan fingerprint density at radius 2 is 0.647 bits per heavy atom. The number of unbranched alkanes of at least 4 members (excludes halogenated alkanes) is 3. The van der Waals surface area contributed by atoms with Crippen LogP contribution in [0.2, 0.25) is 0 Å². The number of ketones is 4. The third-order valence-corrected chi connectivity index (χ3v) is 22.0. The van der Waals surface area contributed by atoms with E-state index in [2.05, 4.69) is 108 Å². The number of primary amides is 7. The third kappa shape index (κ3) is 51.4. The molecule has 2 aliphatic heterocycles. The lowest BCUT2D eigenvalue weighted by Crippen LogP contribution is -2.47. The van der Waals surface area contributed by atoms with E-state index in [1.54, 1.807) is 0 Å². The summed E-state index contributed by atoms with van der Waals surface area (Å²) >= 11 is 0. The number of nitrogens with one attached hydrogen (secondary N) is 8. The van der Waals surface area contributed by atoms with Crippen LogP contribution in [0.4, 0.5) is 24.0 Å². The van der Waals surface area contributed by atoms with Gasteiger partial charge in [-0.25, -0.2) is 28.8 Å². The van der Waals surface area contributed by atoms with E-state index in [0.29, 0.717) is 109 Å². The highest BCUT2D eigenvalue weighted by Crippen LogP contribution is 2.29. The van der Waals surface area contributed by atoms with Gasteiger partial charge in [0.1, 0.15) is 42.0 Å². The van der Waals surface area contributed by atoms with Crippen LogP contribution in [0.25, 0.3) is 0 Å². The first-order chi connectivity index (χ1) is 70.8. The molecule has 0 aliphatic carbocycles. The summed E-state index contributed by atoms with van der Waals surface area (Å²) in [4.78, 5) is 233. The molecule has 5 aromatic rings. The number of hydrogen-bond donors (Lipinski definition) is 28. The van der Waals surface area contributed by atoms with Crippen molar-refractivity contribution >= 4 is 118 Å². The molecule has 0 aromatic carbocycles. The highest BCUT2D eigenvalue weighted by molar-refractivity contribution is 5.90. The number of rotatable bonds is 62. The summed E-state index contributed by atoms with van der Waals surface area (Å²) in [5.74, 6) is -4.88. The first-order valence-electron chi connectivity index (χ1n) is 48.2. The summed E-state index contributed by atoms with van der Waals surface area (Å²) in [6, 6.07) is -13.0. The molecule has 65 heteroatoms. The maximum absolute atomic E-state index is 12.8. The zero-order chi connectivity index (χ0) is 112. The number of carbonyl (C=O) groups is 17. The molecule has 2 aliphatic rings. The average Bonchev–Trinajstić information content (AvgIpc) is 1.68. The summed E-state index contributed by atoms with van der Waals surface area (Å²) in [5.41, 5.74) is 103. The van der Waals surface area contributed by atoms with E-state index in [1.165, 1.54) is 37.5 Å². The van der Waals surface area contributed by atoms with Crippen molar-refractivity contribution in [3.05, 3.63) is 58.6 Å². The lowest BCUT2D eigenvalue weighted by molar-refractivity contribution is -0.139. The third-order valence-electron chi connectivity index (χ3n) is 22.0. The van der Waals surface area contributed by atoms with Crippen LogP contribution in [0.5, 0.6) is 0 Å². The molecule has 65 nitrogen and oxygen atoms in total. The summed E-state index contributed by atoms with van der Waals surface area (Å²) in [7, 11) is 0. The predicted molar refractivity (Wildman–Crippen MR) is 531 cm³/mol. The second kappa shape index (κ2) is 68.5. The number of guanidine groups is 3. The molecule has 5 aromatic heterocycles. The van der Waals surface area contributed by atoms with Crippen molar-refractivity contribution in [2.45, 2.75) is 305 Å². The number of nitrogens with two attached hydrogens (primary N) is 19. The highest BCUT2D eigenvalue weighted by Gasteiger charge is 2.38. The monoisotopic (exact) mass is 2130 g/mol. The van der Waals surface area contributed by atoms with Gasteiger partial charge < -0.3 is 189 Å². The van der Waals surface area contributed by atoms with Crippen molar-refractivity contribution < 1.29 is 109 Å². The highest BCUT2D eigenvalue weighted by atomic mass is 16.5. The standard InChI is InChI=1S/C18H31N9O4.C18H31N7O4.C17H30N10O5.C17H29N7O6.C15H27N9O4/c1-10(28)13-5-3-9-27(13)18(30)24-12(6-7-14(20)29)16-25-15(26-31-16)11(19)4-2-8-23-17(21)22;1-11(26)14-6-4-10-25(14)18(28)22-13(7-8-15(21)27)17-23-16(24-29-17)12(20)5-2-3-9-19;1-8(28)10(3-2-6-23-16(21)22)24-17(31)25-11(4-5-12(19)29)15-26-14(27-32-15)9(18)7-13(20)30;1-2-3-4-5-11(16(27)28)22-17(29)21-10(6-7-12(19)25)15-23-14(24-30-15)9(18)8-13(20)26;1-8(25)7-21-15(27)22-10(4-5-11(17)26)13-23-12(24-28-13)9(16)3-2-6-20-14(18)19/h11-13H,2-9,19H2,1H3,(H2,20,29)(H,24,30)(H4,21,22,23);12-14H,2-10,19-20H2,1H3,(H2,21,27)(H,22,28);9-11H,2-7,18H2,1H3,(H2,19,29)(H2,20,30)(H4,21,22,23)(H2,24,25,31);9-11H,2-8,18H2,1H3,(H2,19,25)(H2,20,26)(H,27,28)(H2,21,22,29);9-10H,2-7,16H2,1H3,(H2,17,26)(H4,18,19,20)(H2,21,22,27)/t11-,12-,13?;12-,13-,14?;2*9-,10-,11-;9-,10-/m00000/s1. The smallest absolute Gasteiger partial charge is 0.326 e. The maximum Gasteiger partial charge on any atom is 0.326 e. The van der Waals surface area contributed by atoms with E-state index < -0.39 is 162 Å². The van der Waals surface area contributed by atoms with Crippen molar-refractivity contribution in [3.8, 4) is 0 Å². The number of carbonyl (C=O) groups excluding carboxylic acids is 16. The molecule has 150 heavy (non-hydrogen) atoms. The summed E-state index contributed by atoms with van der Waals surface area (Å²) in [5, 5.41) is 48.8. The number of carboxylic acids is 1. The van der Waals surface area contributed by atoms with Crippen LogP contribution in [-0.2, 0) is 57.5 Å². The van der Waals surface area contributed by atoms with Gasteiger partial charge in [0.25, 0.3) is 0 Å². The van der Waals surface area contributed by atoms with Gasteiger partial charge in [-0.3, -0.25) is 67.7 Å². The van der Waals surface area contributed by atoms with Gasteiger partial charge in [-0.1, -0.05) is 58.4 Å². The average molecular weight is 2130 g/mol. The number of aliphatic imine (C=N–C) groups is 3. The number of amides is 17. The largest absolute Gasteiger partial charge is 0.480 e. The molecule has 7 heterocycles. The SMILES string of the molecule is CC(=O)C1CCCN1C(=O)N[C@@H](CCC(N)=O)c1nc([C@@H](N)CCCCN)no1.CC(=O)C1CCCN1C(=O)N[C@@H](CCC(N)=O)c1nc([C@@H](N)CCCN=C(N)N)no1.CC(=O)CNC(=O)N[C@@H](CCC(N)=O)c1nc([C@@H](N)CCCN=C(N)N)no1.CC(=O)[C@H](CCCN=C(N)N)NC(=O)N[C@@H](CCC(N)=O)c1nc([C@@H](N)CC(N)=O)no1.CCCCC[C@H](NC(=O)N[C@@H](CCC(N)=O)c1nc([C@@H](N)CC(N)=O)no1)C(=O)O. The quantitative estimate of drug-likeness (QED) is 0.00984. The van der Waals surface area contributed by atoms with Crippen LogP contribution in [-0.4, -0.2) is 254 Å². The van der Waals surface area contributed by atoms with Crippen molar-refractivity contribution in [2.75, 3.05) is 45.8 Å². The zero-order valence-corrected chi connectivity index (χ0v) is 84.6. The Bertz CT molecular complexity index is 5240. The molecule has 7 rings (SSSR count). The fourth-order valence-electron chi connectivity index (χ4n) is 14.2. The number of nitrogens with zero attached hydrogens (tertiary/aromatic N) is 15. The summed E-state index contributed by atoms with van der Waals surface area (Å²) in [6.45, 7) is 10.1. The van der Waals surface area contributed by atoms with Gasteiger partial charge >= 0.3 is 36.1 Å². The van der Waals surface area contributed by atoms with E-state index in [4.69, 9.17) is 132 Å². The molecule has 0 saturated carbocycles. The molecular weight excluding hydrogens is 1980 g/mol. The lowest BCUT2D eigenvalue weighted by Gasteiger charge is -2.25. The van der Waals surface area contributed by atoms with E-state index >= 15 is 0 Å². The minimum Gasteiger partial charge on any atom is -0.480 e. The fourth-order valence-corrected chi connectivity index (χ4v) is 14.2. The second-order valence-electron chi connectivity index (χ2n) is 34.9. The number of aromatic nitrogens is 10. The number of carboxylic acid groups (broad SMARTS) is 1. The molecule has 0 radical (unpaired) electrons. The first kappa shape index (κ1) is 128. The van der Waals surface area contributed by atoms with E-state index in [0.717, 1.165) is 38.5 Å². The fraction of sp³-hybridized carbons (Fsp3) is 0.647. The normalized spacial score (nSPS) is 15.2. The molecule has 0 spiro atoms. The predicted octanol–water partition coefficient (Wildman–Crippen LogP) is -5.08. The topological polar surface area (TPSA) is 1140 Å². The van der Waals surface area contributed by atoms with Gasteiger partial charge in [-0.2, -0.15) is 24.9 Å². The van der Waals surface area contributed by atoms with Crippen LogP contribution in [0.1, 0.15) is 340 Å². The molecule has 2 fully saturated rings. The van der Waals surface area contributed by atoms with Crippen LogP contribution >= 0.6 is 0 Å². The minimum atomic E-state index is -1.16. The van der Waals surface area contributed by atoms with Gasteiger partial charge in [0.2, 0.25) is 70.8 Å². The summed E-state index contributed by atoms with van der Waals surface area (Å²) < 4.78 is 26.0. The summed E-state index contributed by atoms with van der Waals surface area (Å²) in [6.07, 6.45) is 10.8. The number of Topliss-reactive ketones (excluding diaryl/α,β-unsaturated/α-hetero) is 4. The molecule has 0 bridgehead atoms. The van der Waals surface area contributed by atoms with Gasteiger partial charge in [0, 0.05) is 77.7 Å². The van der Waals surface area contributed by atoms with Crippen LogP contribution in [0.3, 0.4) is 0 Å². The zero-order valence-electron chi connectivity index (χ0n) is 84.6. The molecule has 17 amide bonds. The molecule has 14 atom stereocenters. The number of urea groups is 5. The van der Waals surface area contributed by atoms with Crippen LogP contribution in [0, 0.1) is 0 Å². The molecule has 2 unspecified atom stereocenters. The Hall–Kier alpha value is -15.9. The second-order valence-corrected chi connectivity index (χ2v) is 34.9. The van der Waals surface area contributed by atoms with Gasteiger partial charge in [-0.05, 0) is 150 Å². The molecule has 47 N–H and O–H groups in total.